The van der Waals surface area contributed by atoms with Gasteiger partial charge in [-0.2, -0.15) is 0 Å². The minimum atomic E-state index is -0.451. The van der Waals surface area contributed by atoms with Gasteiger partial charge in [-0.25, -0.2) is 4.79 Å². The molecule has 7 heteroatoms. The van der Waals surface area contributed by atoms with Gasteiger partial charge in [0.05, 0.1) is 0 Å². The van der Waals surface area contributed by atoms with Crippen molar-refractivity contribution in [1.29, 1.82) is 0 Å². The molecule has 1 atom stereocenters. The number of amides is 2. The van der Waals surface area contributed by atoms with Crippen LogP contribution in [0, 0.1) is 5.92 Å². The van der Waals surface area contributed by atoms with Crippen molar-refractivity contribution in [3.8, 4) is 0 Å². The van der Waals surface area contributed by atoms with Crippen LogP contribution in [0.25, 0.3) is 10.8 Å². The minimum Gasteiger partial charge on any atom is -0.444 e. The summed E-state index contributed by atoms with van der Waals surface area (Å²) in [6, 6.07) is 16.8. The fourth-order valence-electron chi connectivity index (χ4n) is 5.39. The molecule has 200 valence electrons. The highest BCUT2D eigenvalue weighted by atomic mass is 16.6. The number of hydrogen-bond acceptors (Lipinski definition) is 5. The SMILES string of the molecule is CC(C)(C)OC(=O)N1CCC(CNCc2ccc(C3CC(=O)N(c4ccc5cnccc5c4)C3)cc2)CC1. The lowest BCUT2D eigenvalue weighted by atomic mass is 9.96. The maximum atomic E-state index is 12.8. The molecule has 2 saturated heterocycles. The van der Waals surface area contributed by atoms with Crippen molar-refractivity contribution < 1.29 is 14.3 Å². The third-order valence-corrected chi connectivity index (χ3v) is 7.54. The van der Waals surface area contributed by atoms with Crippen LogP contribution in [0.1, 0.15) is 57.1 Å². The van der Waals surface area contributed by atoms with E-state index < -0.39 is 5.60 Å². The van der Waals surface area contributed by atoms with Crippen LogP contribution in [-0.4, -0.2) is 53.7 Å². The zero-order chi connectivity index (χ0) is 26.7. The third kappa shape index (κ3) is 6.33. The standard InChI is InChI=1S/C31H38N4O3/c1-31(2,3)38-30(37)34-14-11-23(12-15-34)19-33-18-22-4-6-24(7-5-22)27-17-29(36)35(21-27)28-9-8-26-20-32-13-10-25(26)16-28/h4-10,13,16,20,23,27,33H,11-12,14-15,17-19,21H2,1-3H3. The number of nitrogens with zero attached hydrogens (tertiary/aromatic N) is 3. The first kappa shape index (κ1) is 26.2. The Morgan fingerprint density at radius 2 is 1.82 bits per heavy atom. The number of benzene rings is 2. The van der Waals surface area contributed by atoms with Gasteiger partial charge in [0.15, 0.2) is 0 Å². The fraction of sp³-hybridized carbons (Fsp3) is 0.452. The minimum absolute atomic E-state index is 0.173. The van der Waals surface area contributed by atoms with Gasteiger partial charge in [-0.05, 0) is 80.8 Å². The van der Waals surface area contributed by atoms with Gasteiger partial charge in [-0.3, -0.25) is 9.78 Å². The molecule has 1 N–H and O–H groups in total. The number of hydrogen-bond donors (Lipinski definition) is 1. The Bertz CT molecular complexity index is 1280. The van der Waals surface area contributed by atoms with Crippen LogP contribution in [0.4, 0.5) is 10.5 Å². The predicted molar refractivity (Wildman–Crippen MR) is 150 cm³/mol. The molecule has 5 rings (SSSR count). The van der Waals surface area contributed by atoms with E-state index in [4.69, 9.17) is 4.74 Å². The van der Waals surface area contributed by atoms with Crippen molar-refractivity contribution in [2.24, 2.45) is 5.92 Å². The predicted octanol–water partition coefficient (Wildman–Crippen LogP) is 5.49. The van der Waals surface area contributed by atoms with Crippen molar-refractivity contribution in [2.75, 3.05) is 31.1 Å². The highest BCUT2D eigenvalue weighted by Gasteiger charge is 2.32. The summed E-state index contributed by atoms with van der Waals surface area (Å²) in [5, 5.41) is 5.77. The quantitative estimate of drug-likeness (QED) is 0.471. The number of nitrogens with one attached hydrogen (secondary N) is 1. The van der Waals surface area contributed by atoms with Crippen LogP contribution in [0.15, 0.2) is 60.9 Å². The summed E-state index contributed by atoms with van der Waals surface area (Å²) in [6.45, 7) is 9.68. The zero-order valence-corrected chi connectivity index (χ0v) is 22.7. The summed E-state index contributed by atoms with van der Waals surface area (Å²) in [4.78, 5) is 33.0. The Labute approximate surface area is 225 Å². The van der Waals surface area contributed by atoms with Gasteiger partial charge in [0, 0.05) is 62.0 Å². The zero-order valence-electron chi connectivity index (χ0n) is 22.7. The summed E-state index contributed by atoms with van der Waals surface area (Å²) in [5.74, 6) is 0.939. The van der Waals surface area contributed by atoms with Crippen LogP contribution < -0.4 is 10.2 Å². The van der Waals surface area contributed by atoms with E-state index in [1.807, 2.05) is 55.0 Å². The summed E-state index contributed by atoms with van der Waals surface area (Å²) in [7, 11) is 0. The first-order chi connectivity index (χ1) is 18.2. The number of carbonyl (C=O) groups is 2. The maximum Gasteiger partial charge on any atom is 0.410 e. The number of carbonyl (C=O) groups excluding carboxylic acids is 2. The van der Waals surface area contributed by atoms with Gasteiger partial charge in [-0.15, -0.1) is 0 Å². The summed E-state index contributed by atoms with van der Waals surface area (Å²) in [5.41, 5.74) is 2.95. The topological polar surface area (TPSA) is 74.8 Å². The number of aromatic nitrogens is 1. The summed E-state index contributed by atoms with van der Waals surface area (Å²) in [6.07, 6.45) is 5.95. The van der Waals surface area contributed by atoms with E-state index in [2.05, 4.69) is 40.6 Å². The van der Waals surface area contributed by atoms with Crippen molar-refractivity contribution in [3.63, 3.8) is 0 Å². The molecule has 2 aromatic carbocycles. The van der Waals surface area contributed by atoms with E-state index in [0.717, 1.165) is 55.5 Å². The number of pyridine rings is 1. The van der Waals surface area contributed by atoms with Gasteiger partial charge >= 0.3 is 6.09 Å². The molecule has 38 heavy (non-hydrogen) atoms. The monoisotopic (exact) mass is 514 g/mol. The summed E-state index contributed by atoms with van der Waals surface area (Å²) >= 11 is 0. The van der Waals surface area contributed by atoms with Crippen LogP contribution >= 0.6 is 0 Å². The molecule has 3 aromatic rings. The average Bonchev–Trinajstić information content (AvgIpc) is 3.29. The average molecular weight is 515 g/mol. The van der Waals surface area contributed by atoms with Crippen LogP contribution in [-0.2, 0) is 16.1 Å². The molecule has 0 aliphatic carbocycles. The Morgan fingerprint density at radius 1 is 1.05 bits per heavy atom. The van der Waals surface area contributed by atoms with Gasteiger partial charge in [0.25, 0.3) is 0 Å². The van der Waals surface area contributed by atoms with Crippen molar-refractivity contribution in [1.82, 2.24) is 15.2 Å². The highest BCUT2D eigenvalue weighted by molar-refractivity contribution is 5.98. The molecule has 2 aliphatic rings. The van der Waals surface area contributed by atoms with Crippen molar-refractivity contribution >= 4 is 28.5 Å². The second-order valence-corrected chi connectivity index (χ2v) is 11.6. The van der Waals surface area contributed by atoms with Gasteiger partial charge in [0.2, 0.25) is 5.91 Å². The van der Waals surface area contributed by atoms with Gasteiger partial charge < -0.3 is 19.9 Å². The number of rotatable bonds is 6. The van der Waals surface area contributed by atoms with Gasteiger partial charge in [0.1, 0.15) is 5.60 Å². The molecule has 0 bridgehead atoms. The maximum absolute atomic E-state index is 12.8. The molecule has 0 spiro atoms. The number of ether oxygens (including phenoxy) is 1. The molecular weight excluding hydrogens is 476 g/mol. The van der Waals surface area contributed by atoms with Gasteiger partial charge in [-0.1, -0.05) is 30.3 Å². The fourth-order valence-corrected chi connectivity index (χ4v) is 5.39. The molecule has 2 amide bonds. The molecule has 1 unspecified atom stereocenters. The third-order valence-electron chi connectivity index (χ3n) is 7.54. The number of likely N-dealkylation sites (tertiary alicyclic amines) is 1. The Morgan fingerprint density at radius 3 is 2.55 bits per heavy atom. The summed E-state index contributed by atoms with van der Waals surface area (Å²) < 4.78 is 5.50. The molecular formula is C31H38N4O3. The number of anilines is 1. The molecule has 0 saturated carbocycles. The molecule has 2 fully saturated rings. The van der Waals surface area contributed by atoms with E-state index in [-0.39, 0.29) is 17.9 Å². The number of fused-ring (bicyclic) bond motifs is 1. The van der Waals surface area contributed by atoms with Crippen LogP contribution in [0.3, 0.4) is 0 Å². The van der Waals surface area contributed by atoms with E-state index in [1.54, 1.807) is 6.20 Å². The molecule has 2 aliphatic heterocycles. The lowest BCUT2D eigenvalue weighted by Gasteiger charge is -2.33. The number of piperidine rings is 1. The van der Waals surface area contributed by atoms with Crippen molar-refractivity contribution in [2.45, 2.75) is 58.1 Å². The second-order valence-electron chi connectivity index (χ2n) is 11.6. The first-order valence-corrected chi connectivity index (χ1v) is 13.7. The van der Waals surface area contributed by atoms with Crippen molar-refractivity contribution in [3.05, 3.63) is 72.1 Å². The molecule has 0 radical (unpaired) electrons. The Hall–Kier alpha value is -3.45. The van der Waals surface area contributed by atoms with Crippen LogP contribution in [0.5, 0.6) is 0 Å². The Balaban J connectivity index is 1.08. The largest absolute Gasteiger partial charge is 0.444 e. The molecule has 3 heterocycles. The lowest BCUT2D eigenvalue weighted by Crippen LogP contribution is -2.43. The highest BCUT2D eigenvalue weighted by Crippen LogP contribution is 2.33. The Kier molecular flexibility index (Phi) is 7.65. The van der Waals surface area contributed by atoms with Crippen LogP contribution in [0.2, 0.25) is 0 Å². The van der Waals surface area contributed by atoms with E-state index in [1.165, 1.54) is 11.1 Å². The molecule has 1 aromatic heterocycles. The smallest absolute Gasteiger partial charge is 0.410 e. The first-order valence-electron chi connectivity index (χ1n) is 13.7. The lowest BCUT2D eigenvalue weighted by molar-refractivity contribution is -0.117. The second kappa shape index (κ2) is 11.1. The molecule has 7 nitrogen and oxygen atoms in total. The van der Waals surface area contributed by atoms with E-state index >= 15 is 0 Å². The van der Waals surface area contributed by atoms with E-state index in [0.29, 0.717) is 18.9 Å². The van der Waals surface area contributed by atoms with E-state index in [9.17, 15) is 9.59 Å². The normalized spacial score (nSPS) is 18.8.